The first kappa shape index (κ1) is 18.1. The van der Waals surface area contributed by atoms with Crippen molar-refractivity contribution < 1.29 is 9.53 Å². The zero-order valence-corrected chi connectivity index (χ0v) is 15.5. The van der Waals surface area contributed by atoms with Crippen LogP contribution in [0.2, 0.25) is 0 Å². The number of methoxy groups -OCH3 is 1. The fraction of sp³-hybridized carbons (Fsp3) is 0.273. The molecule has 3 rings (SSSR count). The standard InChI is InChI=1S/C22H24N2O2/c1-15-19-10-6-7-11-21(19)24-16(2)20(15)12-22(25)23-13-17-8-4-5-9-18(17)14-26-3/h4-11H,12-14H2,1-3H3,(H,23,25). The van der Waals surface area contributed by atoms with Gasteiger partial charge < -0.3 is 10.1 Å². The number of nitrogens with zero attached hydrogens (tertiary/aromatic N) is 1. The molecule has 1 amide bonds. The summed E-state index contributed by atoms with van der Waals surface area (Å²) >= 11 is 0. The third-order valence-corrected chi connectivity index (χ3v) is 4.72. The quantitative estimate of drug-likeness (QED) is 0.736. The Morgan fingerprint density at radius 1 is 1.04 bits per heavy atom. The molecule has 1 heterocycles. The van der Waals surface area contributed by atoms with Crippen molar-refractivity contribution in [3.8, 4) is 0 Å². The predicted octanol–water partition coefficient (Wildman–Crippen LogP) is 3.86. The minimum Gasteiger partial charge on any atom is -0.380 e. The monoisotopic (exact) mass is 348 g/mol. The molecule has 0 fully saturated rings. The van der Waals surface area contributed by atoms with Crippen LogP contribution in [0.3, 0.4) is 0 Å². The summed E-state index contributed by atoms with van der Waals surface area (Å²) in [5, 5.41) is 4.13. The van der Waals surface area contributed by atoms with Gasteiger partial charge in [0.1, 0.15) is 0 Å². The molecule has 0 aliphatic carbocycles. The van der Waals surface area contributed by atoms with Crippen LogP contribution in [0.25, 0.3) is 10.9 Å². The Balaban J connectivity index is 1.74. The molecule has 0 atom stereocenters. The number of aryl methyl sites for hydroxylation is 2. The van der Waals surface area contributed by atoms with Crippen LogP contribution in [0.15, 0.2) is 48.5 Å². The molecule has 0 spiro atoms. The fourth-order valence-corrected chi connectivity index (χ4v) is 3.27. The van der Waals surface area contributed by atoms with Gasteiger partial charge in [-0.3, -0.25) is 9.78 Å². The number of rotatable bonds is 6. The molecule has 26 heavy (non-hydrogen) atoms. The van der Waals surface area contributed by atoms with Gasteiger partial charge >= 0.3 is 0 Å². The number of aromatic nitrogens is 1. The highest BCUT2D eigenvalue weighted by Gasteiger charge is 2.13. The van der Waals surface area contributed by atoms with E-state index in [-0.39, 0.29) is 5.91 Å². The number of carbonyl (C=O) groups excluding carboxylic acids is 1. The van der Waals surface area contributed by atoms with E-state index in [1.165, 1.54) is 0 Å². The summed E-state index contributed by atoms with van der Waals surface area (Å²) in [6.07, 6.45) is 0.335. The summed E-state index contributed by atoms with van der Waals surface area (Å²) < 4.78 is 5.22. The fourth-order valence-electron chi connectivity index (χ4n) is 3.27. The first-order valence-electron chi connectivity index (χ1n) is 8.77. The molecule has 3 aromatic rings. The van der Waals surface area contributed by atoms with E-state index < -0.39 is 0 Å². The third-order valence-electron chi connectivity index (χ3n) is 4.72. The Morgan fingerprint density at radius 2 is 1.73 bits per heavy atom. The van der Waals surface area contributed by atoms with Gasteiger partial charge in [-0.05, 0) is 42.2 Å². The number of hydrogen-bond acceptors (Lipinski definition) is 3. The SMILES string of the molecule is COCc1ccccc1CNC(=O)Cc1c(C)nc2ccccc2c1C. The molecule has 1 N–H and O–H groups in total. The highest BCUT2D eigenvalue weighted by molar-refractivity contribution is 5.86. The molecule has 0 radical (unpaired) electrons. The van der Waals surface area contributed by atoms with Crippen molar-refractivity contribution in [2.75, 3.05) is 7.11 Å². The van der Waals surface area contributed by atoms with Crippen molar-refractivity contribution in [2.24, 2.45) is 0 Å². The van der Waals surface area contributed by atoms with Crippen molar-refractivity contribution in [3.05, 3.63) is 76.5 Å². The molecule has 0 saturated carbocycles. The van der Waals surface area contributed by atoms with Gasteiger partial charge in [0.2, 0.25) is 5.91 Å². The maximum atomic E-state index is 12.5. The summed E-state index contributed by atoms with van der Waals surface area (Å²) in [6, 6.07) is 16.0. The second kappa shape index (κ2) is 8.11. The van der Waals surface area contributed by atoms with Gasteiger partial charge in [0, 0.05) is 24.7 Å². The molecule has 1 aromatic heterocycles. The van der Waals surface area contributed by atoms with Crippen LogP contribution in [0, 0.1) is 13.8 Å². The third kappa shape index (κ3) is 3.92. The highest BCUT2D eigenvalue weighted by Crippen LogP contribution is 2.23. The van der Waals surface area contributed by atoms with Crippen molar-refractivity contribution >= 4 is 16.8 Å². The molecule has 0 unspecified atom stereocenters. The van der Waals surface area contributed by atoms with E-state index in [9.17, 15) is 4.79 Å². The summed E-state index contributed by atoms with van der Waals surface area (Å²) in [5.74, 6) is 0.000464. The van der Waals surface area contributed by atoms with E-state index in [1.807, 2.05) is 49.4 Å². The molecule has 4 nitrogen and oxygen atoms in total. The Bertz CT molecular complexity index is 935. The van der Waals surface area contributed by atoms with Crippen LogP contribution in [0.4, 0.5) is 0 Å². The van der Waals surface area contributed by atoms with Gasteiger partial charge in [-0.15, -0.1) is 0 Å². The first-order valence-corrected chi connectivity index (χ1v) is 8.77. The van der Waals surface area contributed by atoms with E-state index in [4.69, 9.17) is 4.74 Å². The van der Waals surface area contributed by atoms with E-state index in [2.05, 4.69) is 23.3 Å². The Labute approximate surface area is 154 Å². The predicted molar refractivity (Wildman–Crippen MR) is 104 cm³/mol. The van der Waals surface area contributed by atoms with Crippen LogP contribution in [0.5, 0.6) is 0 Å². The second-order valence-corrected chi connectivity index (χ2v) is 6.47. The van der Waals surface area contributed by atoms with Crippen LogP contribution in [-0.4, -0.2) is 18.0 Å². The average Bonchev–Trinajstić information content (AvgIpc) is 2.65. The number of pyridine rings is 1. The lowest BCUT2D eigenvalue weighted by Crippen LogP contribution is -2.26. The topological polar surface area (TPSA) is 51.2 Å². The van der Waals surface area contributed by atoms with E-state index in [0.29, 0.717) is 19.6 Å². The van der Waals surface area contributed by atoms with Crippen LogP contribution in [-0.2, 0) is 29.1 Å². The Kier molecular flexibility index (Phi) is 5.64. The lowest BCUT2D eigenvalue weighted by Gasteiger charge is -2.13. The molecule has 134 valence electrons. The number of ether oxygens (including phenoxy) is 1. The number of amides is 1. The van der Waals surface area contributed by atoms with E-state index >= 15 is 0 Å². The normalized spacial score (nSPS) is 10.9. The van der Waals surface area contributed by atoms with Crippen LogP contribution < -0.4 is 5.32 Å². The van der Waals surface area contributed by atoms with Crippen LogP contribution >= 0.6 is 0 Å². The Hall–Kier alpha value is -2.72. The molecule has 4 heteroatoms. The van der Waals surface area contributed by atoms with Gasteiger partial charge in [0.15, 0.2) is 0 Å². The minimum absolute atomic E-state index is 0.000464. The lowest BCUT2D eigenvalue weighted by atomic mass is 9.99. The Morgan fingerprint density at radius 3 is 2.50 bits per heavy atom. The molecule has 0 aliphatic rings. The van der Waals surface area contributed by atoms with Gasteiger partial charge in [-0.25, -0.2) is 0 Å². The largest absolute Gasteiger partial charge is 0.380 e. The van der Waals surface area contributed by atoms with Gasteiger partial charge in [0.05, 0.1) is 18.5 Å². The van der Waals surface area contributed by atoms with Gasteiger partial charge in [0.25, 0.3) is 0 Å². The van der Waals surface area contributed by atoms with Gasteiger partial charge in [-0.2, -0.15) is 0 Å². The van der Waals surface area contributed by atoms with Crippen molar-refractivity contribution in [1.29, 1.82) is 0 Å². The minimum atomic E-state index is 0.000464. The van der Waals surface area contributed by atoms with Crippen molar-refractivity contribution in [3.63, 3.8) is 0 Å². The van der Waals surface area contributed by atoms with Crippen LogP contribution in [0.1, 0.15) is 27.9 Å². The smallest absolute Gasteiger partial charge is 0.224 e. The van der Waals surface area contributed by atoms with Gasteiger partial charge in [-0.1, -0.05) is 42.5 Å². The summed E-state index contributed by atoms with van der Waals surface area (Å²) in [4.78, 5) is 17.2. The molecule has 2 aromatic carbocycles. The lowest BCUT2D eigenvalue weighted by molar-refractivity contribution is -0.120. The highest BCUT2D eigenvalue weighted by atomic mass is 16.5. The maximum absolute atomic E-state index is 12.5. The maximum Gasteiger partial charge on any atom is 0.224 e. The van der Waals surface area contributed by atoms with E-state index in [1.54, 1.807) is 7.11 Å². The zero-order chi connectivity index (χ0) is 18.5. The number of carbonyl (C=O) groups is 1. The van der Waals surface area contributed by atoms with E-state index in [0.717, 1.165) is 38.9 Å². The molecule has 0 bridgehead atoms. The summed E-state index contributed by atoms with van der Waals surface area (Å²) in [7, 11) is 1.67. The second-order valence-electron chi connectivity index (χ2n) is 6.47. The van der Waals surface area contributed by atoms with Crippen molar-refractivity contribution in [1.82, 2.24) is 10.3 Å². The molecule has 0 saturated heterocycles. The molecular weight excluding hydrogens is 324 g/mol. The average molecular weight is 348 g/mol. The van der Waals surface area contributed by atoms with Crippen molar-refractivity contribution in [2.45, 2.75) is 33.4 Å². The first-order chi connectivity index (χ1) is 12.6. The number of para-hydroxylation sites is 1. The number of nitrogens with one attached hydrogen (secondary N) is 1. The summed E-state index contributed by atoms with van der Waals surface area (Å²) in [6.45, 7) is 5.07. The number of benzene rings is 2. The number of fused-ring (bicyclic) bond motifs is 1. The molecular formula is C22H24N2O2. The zero-order valence-electron chi connectivity index (χ0n) is 15.5. The molecule has 0 aliphatic heterocycles. The summed E-state index contributed by atoms with van der Waals surface area (Å²) in [5.41, 5.74) is 6.19. The number of hydrogen-bond donors (Lipinski definition) is 1.